The summed E-state index contributed by atoms with van der Waals surface area (Å²) < 4.78 is 11.0. The molecular weight excluding hydrogens is 176 g/mol. The van der Waals surface area contributed by atoms with Crippen LogP contribution in [0, 0.1) is 11.8 Å². The quantitative estimate of drug-likeness (QED) is 0.646. The van der Waals surface area contributed by atoms with Crippen molar-refractivity contribution in [2.45, 2.75) is 33.3 Å². The Labute approximate surface area is 87.3 Å². The Morgan fingerprint density at radius 3 is 2.79 bits per heavy atom. The monoisotopic (exact) mass is 198 g/mol. The summed E-state index contributed by atoms with van der Waals surface area (Å²) in [4.78, 5) is 0. The summed E-state index contributed by atoms with van der Waals surface area (Å²) in [7, 11) is 1.80. The molecule has 0 fully saturated rings. The van der Waals surface area contributed by atoms with Crippen LogP contribution in [0.2, 0.25) is 0 Å². The molecule has 0 saturated heterocycles. The van der Waals surface area contributed by atoms with Gasteiger partial charge in [0.1, 0.15) is 0 Å². The van der Waals surface area contributed by atoms with Crippen LogP contribution in [0.3, 0.4) is 0 Å². The zero-order valence-corrected chi connectivity index (χ0v) is 9.75. The molecule has 0 aromatic heterocycles. The van der Waals surface area contributed by atoms with Crippen molar-refractivity contribution in [2.75, 3.05) is 20.3 Å². The standard InChI is InChI=1S/C12H22O2/c1-9(2)7-12(13-4)11-8-14-6-5-10(11)3/h5,9,11-12H,6-8H2,1-4H3. The largest absolute Gasteiger partial charge is 0.381 e. The number of rotatable bonds is 4. The van der Waals surface area contributed by atoms with Crippen molar-refractivity contribution in [3.8, 4) is 0 Å². The van der Waals surface area contributed by atoms with Gasteiger partial charge in [0.25, 0.3) is 0 Å². The summed E-state index contributed by atoms with van der Waals surface area (Å²) >= 11 is 0. The summed E-state index contributed by atoms with van der Waals surface area (Å²) in [5.41, 5.74) is 1.42. The fourth-order valence-corrected chi connectivity index (χ4v) is 1.96. The zero-order valence-electron chi connectivity index (χ0n) is 9.75. The van der Waals surface area contributed by atoms with Gasteiger partial charge in [0.2, 0.25) is 0 Å². The molecular formula is C12H22O2. The average molecular weight is 198 g/mol. The van der Waals surface area contributed by atoms with Crippen molar-refractivity contribution in [3.05, 3.63) is 11.6 Å². The van der Waals surface area contributed by atoms with Crippen LogP contribution in [0.4, 0.5) is 0 Å². The fourth-order valence-electron chi connectivity index (χ4n) is 1.96. The van der Waals surface area contributed by atoms with Gasteiger partial charge in [-0.15, -0.1) is 0 Å². The summed E-state index contributed by atoms with van der Waals surface area (Å²) in [6.07, 6.45) is 3.59. The predicted molar refractivity (Wildman–Crippen MR) is 58.3 cm³/mol. The van der Waals surface area contributed by atoms with E-state index in [0.717, 1.165) is 19.6 Å². The lowest BCUT2D eigenvalue weighted by atomic mass is 9.88. The number of hydrogen-bond donors (Lipinski definition) is 0. The smallest absolute Gasteiger partial charge is 0.0661 e. The Morgan fingerprint density at radius 1 is 1.57 bits per heavy atom. The Hall–Kier alpha value is -0.340. The third-order valence-corrected chi connectivity index (χ3v) is 2.86. The molecule has 1 aliphatic heterocycles. The second kappa shape index (κ2) is 5.52. The summed E-state index contributed by atoms with van der Waals surface area (Å²) in [5, 5.41) is 0. The molecule has 0 aromatic rings. The first-order chi connectivity index (χ1) is 6.65. The SMILES string of the molecule is COC(CC(C)C)C1COCC=C1C. The molecule has 14 heavy (non-hydrogen) atoms. The van der Waals surface area contributed by atoms with Gasteiger partial charge in [-0.1, -0.05) is 25.5 Å². The highest BCUT2D eigenvalue weighted by molar-refractivity contribution is 5.08. The first kappa shape index (κ1) is 11.7. The average Bonchev–Trinajstić information content (AvgIpc) is 2.15. The van der Waals surface area contributed by atoms with Crippen LogP contribution in [-0.2, 0) is 9.47 Å². The Morgan fingerprint density at radius 2 is 2.29 bits per heavy atom. The fraction of sp³-hybridized carbons (Fsp3) is 0.833. The summed E-state index contributed by atoms with van der Waals surface area (Å²) in [5.74, 6) is 1.13. The molecule has 1 aliphatic rings. The molecule has 0 radical (unpaired) electrons. The van der Waals surface area contributed by atoms with Crippen molar-refractivity contribution >= 4 is 0 Å². The topological polar surface area (TPSA) is 18.5 Å². The molecule has 0 amide bonds. The van der Waals surface area contributed by atoms with Crippen LogP contribution in [0.1, 0.15) is 27.2 Å². The van der Waals surface area contributed by atoms with Crippen LogP contribution in [0.5, 0.6) is 0 Å². The van der Waals surface area contributed by atoms with E-state index in [4.69, 9.17) is 9.47 Å². The Balaban J connectivity index is 2.58. The minimum Gasteiger partial charge on any atom is -0.381 e. The number of hydrogen-bond acceptors (Lipinski definition) is 2. The van der Waals surface area contributed by atoms with E-state index < -0.39 is 0 Å². The van der Waals surface area contributed by atoms with Gasteiger partial charge in [0.05, 0.1) is 19.3 Å². The van der Waals surface area contributed by atoms with Gasteiger partial charge in [-0.05, 0) is 19.3 Å². The van der Waals surface area contributed by atoms with E-state index in [0.29, 0.717) is 17.9 Å². The maximum atomic E-state index is 5.55. The van der Waals surface area contributed by atoms with Gasteiger partial charge in [0.15, 0.2) is 0 Å². The minimum absolute atomic E-state index is 0.312. The third-order valence-electron chi connectivity index (χ3n) is 2.86. The van der Waals surface area contributed by atoms with E-state index in [1.807, 2.05) is 0 Å². The molecule has 0 saturated carbocycles. The Kier molecular flexibility index (Phi) is 4.63. The van der Waals surface area contributed by atoms with E-state index >= 15 is 0 Å². The highest BCUT2D eigenvalue weighted by atomic mass is 16.5. The van der Waals surface area contributed by atoms with Crippen LogP contribution >= 0.6 is 0 Å². The van der Waals surface area contributed by atoms with Gasteiger partial charge in [0, 0.05) is 13.0 Å². The van der Waals surface area contributed by atoms with Gasteiger partial charge < -0.3 is 9.47 Å². The van der Waals surface area contributed by atoms with E-state index in [-0.39, 0.29) is 0 Å². The second-order valence-electron chi connectivity index (χ2n) is 4.50. The van der Waals surface area contributed by atoms with Crippen molar-refractivity contribution in [2.24, 2.45) is 11.8 Å². The summed E-state index contributed by atoms with van der Waals surface area (Å²) in [6.45, 7) is 8.22. The molecule has 0 spiro atoms. The molecule has 2 heteroatoms. The van der Waals surface area contributed by atoms with E-state index in [9.17, 15) is 0 Å². The van der Waals surface area contributed by atoms with E-state index in [1.54, 1.807) is 7.11 Å². The molecule has 1 rings (SSSR count). The van der Waals surface area contributed by atoms with Crippen molar-refractivity contribution < 1.29 is 9.47 Å². The minimum atomic E-state index is 0.312. The molecule has 82 valence electrons. The second-order valence-corrected chi connectivity index (χ2v) is 4.50. The molecule has 2 unspecified atom stereocenters. The zero-order chi connectivity index (χ0) is 10.6. The van der Waals surface area contributed by atoms with Gasteiger partial charge in [-0.3, -0.25) is 0 Å². The lowest BCUT2D eigenvalue weighted by molar-refractivity contribution is 0.00337. The number of methoxy groups -OCH3 is 1. The van der Waals surface area contributed by atoms with Gasteiger partial charge in [-0.25, -0.2) is 0 Å². The highest BCUT2D eigenvalue weighted by Crippen LogP contribution is 2.25. The lowest BCUT2D eigenvalue weighted by Crippen LogP contribution is -2.31. The molecule has 2 nitrogen and oxygen atoms in total. The molecule has 2 atom stereocenters. The summed E-state index contributed by atoms with van der Waals surface area (Å²) in [6, 6.07) is 0. The van der Waals surface area contributed by atoms with Crippen LogP contribution in [-0.4, -0.2) is 26.4 Å². The Bertz CT molecular complexity index is 196. The first-order valence-corrected chi connectivity index (χ1v) is 5.42. The van der Waals surface area contributed by atoms with Crippen LogP contribution in [0.25, 0.3) is 0 Å². The van der Waals surface area contributed by atoms with Crippen molar-refractivity contribution in [1.82, 2.24) is 0 Å². The molecule has 0 aliphatic carbocycles. The lowest BCUT2D eigenvalue weighted by Gasteiger charge is -2.30. The molecule has 0 N–H and O–H groups in total. The third kappa shape index (κ3) is 3.10. The van der Waals surface area contributed by atoms with E-state index in [2.05, 4.69) is 26.8 Å². The maximum Gasteiger partial charge on any atom is 0.0661 e. The van der Waals surface area contributed by atoms with Crippen LogP contribution < -0.4 is 0 Å². The van der Waals surface area contributed by atoms with Crippen LogP contribution in [0.15, 0.2) is 11.6 Å². The normalized spacial score (nSPS) is 24.9. The molecule has 0 bridgehead atoms. The molecule has 1 heterocycles. The van der Waals surface area contributed by atoms with Gasteiger partial charge >= 0.3 is 0 Å². The maximum absolute atomic E-state index is 5.55. The van der Waals surface area contributed by atoms with Crippen molar-refractivity contribution in [3.63, 3.8) is 0 Å². The molecule has 0 aromatic carbocycles. The van der Waals surface area contributed by atoms with Crippen molar-refractivity contribution in [1.29, 1.82) is 0 Å². The highest BCUT2D eigenvalue weighted by Gasteiger charge is 2.25. The number of ether oxygens (including phenoxy) is 2. The predicted octanol–water partition coefficient (Wildman–Crippen LogP) is 2.64. The van der Waals surface area contributed by atoms with Gasteiger partial charge in [-0.2, -0.15) is 0 Å². The first-order valence-electron chi connectivity index (χ1n) is 5.42. The van der Waals surface area contributed by atoms with E-state index in [1.165, 1.54) is 5.57 Å².